The van der Waals surface area contributed by atoms with E-state index in [-0.39, 0.29) is 6.04 Å². The van der Waals surface area contributed by atoms with E-state index in [2.05, 4.69) is 15.3 Å². The van der Waals surface area contributed by atoms with Gasteiger partial charge in [-0.05, 0) is 19.9 Å². The largest absolute Gasteiger partial charge is 0.308 e. The fourth-order valence-electron chi connectivity index (χ4n) is 1.29. The highest BCUT2D eigenvalue weighted by atomic mass is 32.2. The van der Waals surface area contributed by atoms with Crippen molar-refractivity contribution in [2.24, 2.45) is 0 Å². The van der Waals surface area contributed by atoms with Crippen molar-refractivity contribution in [1.29, 1.82) is 0 Å². The molecule has 1 N–H and O–H groups in total. The molecule has 0 saturated carbocycles. The van der Waals surface area contributed by atoms with Crippen molar-refractivity contribution in [3.63, 3.8) is 0 Å². The molecule has 2 unspecified atom stereocenters. The van der Waals surface area contributed by atoms with Gasteiger partial charge in [-0.25, -0.2) is 9.97 Å². The first kappa shape index (κ1) is 12.3. The quantitative estimate of drug-likeness (QED) is 0.802. The van der Waals surface area contributed by atoms with Crippen LogP contribution in [-0.4, -0.2) is 32.2 Å². The molecule has 2 atom stereocenters. The molecule has 5 heteroatoms. The van der Waals surface area contributed by atoms with Gasteiger partial charge in [0.1, 0.15) is 5.82 Å². The van der Waals surface area contributed by atoms with Gasteiger partial charge < -0.3 is 5.32 Å². The summed E-state index contributed by atoms with van der Waals surface area (Å²) in [7, 11) is -0.753. The summed E-state index contributed by atoms with van der Waals surface area (Å²) in [6.45, 7) is 4.59. The zero-order chi connectivity index (χ0) is 11.3. The lowest BCUT2D eigenvalue weighted by molar-refractivity contribution is 0.579. The summed E-state index contributed by atoms with van der Waals surface area (Å²) in [5, 5.41) is 3.27. The zero-order valence-corrected chi connectivity index (χ0v) is 10.2. The molecule has 0 saturated heterocycles. The van der Waals surface area contributed by atoms with Gasteiger partial charge in [0.05, 0.1) is 5.69 Å². The molecule has 0 radical (unpaired) electrons. The second kappa shape index (κ2) is 5.92. The predicted molar refractivity (Wildman–Crippen MR) is 62.0 cm³/mol. The molecule has 4 nitrogen and oxygen atoms in total. The van der Waals surface area contributed by atoms with Crippen molar-refractivity contribution in [3.8, 4) is 0 Å². The Morgan fingerprint density at radius 3 is 2.93 bits per heavy atom. The topological polar surface area (TPSA) is 54.9 Å². The standard InChI is InChI=1S/C10H17N3OS/c1-8(7-15(3)14)12-6-10-4-5-11-9(2)13-10/h4-5,8,12H,6-7H2,1-3H3. The van der Waals surface area contributed by atoms with Crippen LogP contribution in [0, 0.1) is 6.92 Å². The summed E-state index contributed by atoms with van der Waals surface area (Å²) >= 11 is 0. The third kappa shape index (κ3) is 4.99. The second-order valence-corrected chi connectivity index (χ2v) is 5.10. The molecular formula is C10H17N3OS. The maximum Gasteiger partial charge on any atom is 0.125 e. The van der Waals surface area contributed by atoms with Crippen LogP contribution in [0.5, 0.6) is 0 Å². The van der Waals surface area contributed by atoms with E-state index in [0.29, 0.717) is 12.3 Å². The monoisotopic (exact) mass is 227 g/mol. The molecule has 0 aliphatic heterocycles. The van der Waals surface area contributed by atoms with Gasteiger partial charge in [-0.15, -0.1) is 0 Å². The molecule has 1 aromatic rings. The minimum Gasteiger partial charge on any atom is -0.308 e. The van der Waals surface area contributed by atoms with Crippen LogP contribution in [0.4, 0.5) is 0 Å². The van der Waals surface area contributed by atoms with E-state index in [0.717, 1.165) is 11.5 Å². The van der Waals surface area contributed by atoms with Gasteiger partial charge in [-0.3, -0.25) is 4.21 Å². The number of aryl methyl sites for hydroxylation is 1. The number of nitrogens with zero attached hydrogens (tertiary/aromatic N) is 2. The lowest BCUT2D eigenvalue weighted by atomic mass is 10.3. The lowest BCUT2D eigenvalue weighted by Gasteiger charge is -2.11. The van der Waals surface area contributed by atoms with Crippen molar-refractivity contribution in [3.05, 3.63) is 23.8 Å². The summed E-state index contributed by atoms with van der Waals surface area (Å²) in [6, 6.07) is 2.13. The average molecular weight is 227 g/mol. The van der Waals surface area contributed by atoms with Crippen molar-refractivity contribution in [2.75, 3.05) is 12.0 Å². The predicted octanol–water partition coefficient (Wildman–Crippen LogP) is 0.642. The highest BCUT2D eigenvalue weighted by Crippen LogP contribution is 1.95. The van der Waals surface area contributed by atoms with Gasteiger partial charge in [-0.2, -0.15) is 0 Å². The summed E-state index contributed by atoms with van der Waals surface area (Å²) in [6.07, 6.45) is 3.47. The van der Waals surface area contributed by atoms with Gasteiger partial charge in [0.25, 0.3) is 0 Å². The Hall–Kier alpha value is -0.810. The van der Waals surface area contributed by atoms with Crippen LogP contribution in [-0.2, 0) is 17.3 Å². The van der Waals surface area contributed by atoms with E-state index in [1.807, 2.05) is 19.9 Å². The molecule has 0 amide bonds. The van der Waals surface area contributed by atoms with E-state index >= 15 is 0 Å². The molecule has 1 heterocycles. The Kier molecular flexibility index (Phi) is 4.84. The molecule has 1 aromatic heterocycles. The van der Waals surface area contributed by atoms with Crippen molar-refractivity contribution < 1.29 is 4.21 Å². The Balaban J connectivity index is 2.40. The number of nitrogens with one attached hydrogen (secondary N) is 1. The van der Waals surface area contributed by atoms with E-state index < -0.39 is 10.8 Å². The van der Waals surface area contributed by atoms with Crippen LogP contribution in [0.2, 0.25) is 0 Å². The number of aromatic nitrogens is 2. The molecule has 1 rings (SSSR count). The van der Waals surface area contributed by atoms with Crippen LogP contribution >= 0.6 is 0 Å². The van der Waals surface area contributed by atoms with Gasteiger partial charge in [-0.1, -0.05) is 0 Å². The molecule has 0 fully saturated rings. The lowest BCUT2D eigenvalue weighted by Crippen LogP contribution is -2.30. The van der Waals surface area contributed by atoms with Crippen molar-refractivity contribution in [1.82, 2.24) is 15.3 Å². The maximum atomic E-state index is 11.0. The number of rotatable bonds is 5. The van der Waals surface area contributed by atoms with E-state index in [4.69, 9.17) is 0 Å². The molecular weight excluding hydrogens is 210 g/mol. The number of hydrogen-bond acceptors (Lipinski definition) is 4. The fraction of sp³-hybridized carbons (Fsp3) is 0.600. The zero-order valence-electron chi connectivity index (χ0n) is 9.36. The summed E-state index contributed by atoms with van der Waals surface area (Å²) in [4.78, 5) is 8.30. The van der Waals surface area contributed by atoms with Gasteiger partial charge in [0, 0.05) is 41.6 Å². The smallest absolute Gasteiger partial charge is 0.125 e. The molecule has 0 bridgehead atoms. The third-order valence-electron chi connectivity index (χ3n) is 1.95. The van der Waals surface area contributed by atoms with Crippen LogP contribution in [0.1, 0.15) is 18.4 Å². The van der Waals surface area contributed by atoms with E-state index in [1.165, 1.54) is 0 Å². The van der Waals surface area contributed by atoms with Gasteiger partial charge in [0.15, 0.2) is 0 Å². The summed E-state index contributed by atoms with van der Waals surface area (Å²) in [5.41, 5.74) is 0.969. The number of hydrogen-bond donors (Lipinski definition) is 1. The van der Waals surface area contributed by atoms with Gasteiger partial charge >= 0.3 is 0 Å². The van der Waals surface area contributed by atoms with E-state index in [9.17, 15) is 4.21 Å². The maximum absolute atomic E-state index is 11.0. The Labute approximate surface area is 93.0 Å². The van der Waals surface area contributed by atoms with Crippen LogP contribution in [0.15, 0.2) is 12.3 Å². The SMILES string of the molecule is Cc1nccc(CNC(C)CS(C)=O)n1. The first-order valence-electron chi connectivity index (χ1n) is 4.90. The average Bonchev–Trinajstić information content (AvgIpc) is 2.14. The Bertz CT molecular complexity index is 343. The first-order valence-corrected chi connectivity index (χ1v) is 6.62. The third-order valence-corrected chi connectivity index (χ3v) is 2.92. The molecule has 84 valence electrons. The highest BCUT2D eigenvalue weighted by Gasteiger charge is 2.04. The summed E-state index contributed by atoms with van der Waals surface area (Å²) < 4.78 is 11.0. The summed E-state index contributed by atoms with van der Waals surface area (Å²) in [5.74, 6) is 1.45. The van der Waals surface area contributed by atoms with E-state index in [1.54, 1.807) is 12.5 Å². The van der Waals surface area contributed by atoms with Crippen LogP contribution < -0.4 is 5.32 Å². The van der Waals surface area contributed by atoms with Crippen molar-refractivity contribution >= 4 is 10.8 Å². The molecule has 0 aliphatic carbocycles. The normalized spacial score (nSPS) is 14.9. The minimum absolute atomic E-state index is 0.242. The van der Waals surface area contributed by atoms with Crippen LogP contribution in [0.25, 0.3) is 0 Å². The molecule has 0 aromatic carbocycles. The fourth-order valence-corrected chi connectivity index (χ4v) is 2.12. The highest BCUT2D eigenvalue weighted by molar-refractivity contribution is 7.84. The van der Waals surface area contributed by atoms with Gasteiger partial charge in [0.2, 0.25) is 0 Å². The van der Waals surface area contributed by atoms with Crippen LogP contribution in [0.3, 0.4) is 0 Å². The molecule has 0 spiro atoms. The Morgan fingerprint density at radius 1 is 1.60 bits per heavy atom. The minimum atomic E-state index is -0.753. The molecule has 15 heavy (non-hydrogen) atoms. The molecule has 0 aliphatic rings. The van der Waals surface area contributed by atoms with Crippen molar-refractivity contribution in [2.45, 2.75) is 26.4 Å². The second-order valence-electron chi connectivity index (χ2n) is 3.62. The Morgan fingerprint density at radius 2 is 2.33 bits per heavy atom. The first-order chi connectivity index (χ1) is 7.08.